The summed E-state index contributed by atoms with van der Waals surface area (Å²) in [4.78, 5) is 0. The standard InChI is InChI=1S/C29H37.C13H19.C13H10.2ClH.Zr/c1-18-25-22-17-19-13-9-10-14-20(19)24(22)21-15-11-12-16-23(21)29(25,8)28(6,7)27(4,5)26(18,2)3;1-11-6-7-12(10-11)13(2)8-4-3-5-9-13;1-3-7-12(8-4-1)11-13-9-5-2-6-10-13;;;/h9-11,13-15,23H,12,16-17H2,1-8H3;6-7,10H,3-5,8-9H2,1-2H3;1-10H;2*1H;/q2*-1;;;;+2/p-2. The molecule has 0 amide bonds. The van der Waals surface area contributed by atoms with E-state index < -0.39 is 0 Å². The average molecular weight is 889 g/mol. The second-order valence-electron chi connectivity index (χ2n) is 19.7. The van der Waals surface area contributed by atoms with Gasteiger partial charge >= 0.3 is 99.2 Å². The van der Waals surface area contributed by atoms with Crippen LogP contribution in [0.2, 0.25) is 0 Å². The Morgan fingerprint density at radius 2 is 1.31 bits per heavy atom. The minimum absolute atomic E-state index is 0. The van der Waals surface area contributed by atoms with Crippen LogP contribution in [0.15, 0.2) is 132 Å². The van der Waals surface area contributed by atoms with Crippen LogP contribution in [-0.4, -0.2) is 3.21 Å². The SMILES string of the molecule is C[C-]1C2=C3Cc4ccccc4C3=C3C=CCCC3C2(C)C(C)(C)C(C)(C)C1(C)C.Cc1cc(C2(C)CCCCC2)c[cH-]1.[Cl-].[Cl-].[Zr+2]=[C](c1ccccc1)c1ccccc1. The molecular formula is C55H66Cl2Zr-2. The van der Waals surface area contributed by atoms with Gasteiger partial charge in [0.1, 0.15) is 0 Å². The van der Waals surface area contributed by atoms with Crippen LogP contribution < -0.4 is 24.8 Å². The molecule has 3 heteroatoms. The number of fused-ring (bicyclic) bond motifs is 6. The van der Waals surface area contributed by atoms with E-state index in [-0.39, 0.29) is 46.5 Å². The van der Waals surface area contributed by atoms with Gasteiger partial charge in [0.2, 0.25) is 0 Å². The first kappa shape index (κ1) is 46.5. The molecule has 0 nitrogen and oxygen atoms in total. The van der Waals surface area contributed by atoms with Crippen molar-refractivity contribution >= 4 is 8.78 Å². The predicted octanol–water partition coefficient (Wildman–Crippen LogP) is 8.71. The van der Waals surface area contributed by atoms with Crippen molar-refractivity contribution in [2.75, 3.05) is 0 Å². The van der Waals surface area contributed by atoms with Crippen molar-refractivity contribution in [3.8, 4) is 0 Å². The van der Waals surface area contributed by atoms with E-state index >= 15 is 0 Å². The van der Waals surface area contributed by atoms with Gasteiger partial charge in [-0.1, -0.05) is 165 Å². The van der Waals surface area contributed by atoms with Gasteiger partial charge in [0.05, 0.1) is 0 Å². The summed E-state index contributed by atoms with van der Waals surface area (Å²) in [6.07, 6.45) is 15.5. The monoisotopic (exact) mass is 886 g/mol. The molecular weight excluding hydrogens is 823 g/mol. The molecule has 0 heterocycles. The van der Waals surface area contributed by atoms with Crippen molar-refractivity contribution in [1.29, 1.82) is 0 Å². The van der Waals surface area contributed by atoms with E-state index in [2.05, 4.69) is 185 Å². The number of hydrogen-bond donors (Lipinski definition) is 0. The molecule has 2 unspecified atom stereocenters. The summed E-state index contributed by atoms with van der Waals surface area (Å²) in [5.74, 6) is 2.24. The summed E-state index contributed by atoms with van der Waals surface area (Å²) >= 11 is 1.46. The predicted molar refractivity (Wildman–Crippen MR) is 238 cm³/mol. The number of allylic oxidation sites excluding steroid dienone is 6. The fourth-order valence-electron chi connectivity index (χ4n) is 11.5. The molecule has 0 aromatic heterocycles. The third-order valence-corrected chi connectivity index (χ3v) is 17.9. The minimum atomic E-state index is 0. The molecule has 2 fully saturated rings. The van der Waals surface area contributed by atoms with Crippen molar-refractivity contribution in [2.45, 2.75) is 126 Å². The molecule has 0 radical (unpaired) electrons. The molecule has 5 aliphatic carbocycles. The molecule has 0 N–H and O–H groups in total. The summed E-state index contributed by atoms with van der Waals surface area (Å²) in [6.45, 7) is 24.9. The van der Waals surface area contributed by atoms with Gasteiger partial charge in [0.25, 0.3) is 0 Å². The van der Waals surface area contributed by atoms with Crippen molar-refractivity contribution in [1.82, 2.24) is 0 Å². The number of hydrogen-bond acceptors (Lipinski definition) is 0. The number of benzene rings is 3. The summed E-state index contributed by atoms with van der Waals surface area (Å²) in [5, 5.41) is 0. The summed E-state index contributed by atoms with van der Waals surface area (Å²) in [7, 11) is 0. The third kappa shape index (κ3) is 7.78. The normalized spacial score (nSPS) is 23.9. The topological polar surface area (TPSA) is 0 Å². The molecule has 4 aromatic carbocycles. The van der Waals surface area contributed by atoms with E-state index in [9.17, 15) is 0 Å². The number of halogens is 2. The van der Waals surface area contributed by atoms with Crippen LogP contribution in [0.5, 0.6) is 0 Å². The Bertz CT molecular complexity index is 2110. The first-order valence-corrected chi connectivity index (χ1v) is 22.8. The Hall–Kier alpha value is -2.57. The van der Waals surface area contributed by atoms with Crippen LogP contribution in [0.4, 0.5) is 0 Å². The number of rotatable bonds is 3. The first-order valence-electron chi connectivity index (χ1n) is 21.6. The van der Waals surface area contributed by atoms with Gasteiger partial charge in [-0.2, -0.15) is 34.4 Å². The fourth-order valence-corrected chi connectivity index (χ4v) is 12.3. The second-order valence-corrected chi connectivity index (χ2v) is 20.9. The van der Waals surface area contributed by atoms with Gasteiger partial charge in [0.15, 0.2) is 0 Å². The second kappa shape index (κ2) is 17.8. The Labute approximate surface area is 380 Å². The van der Waals surface area contributed by atoms with E-state index in [0.717, 1.165) is 6.42 Å². The van der Waals surface area contributed by atoms with Gasteiger partial charge in [0, 0.05) is 0 Å². The van der Waals surface area contributed by atoms with Crippen LogP contribution in [0.25, 0.3) is 5.57 Å². The number of aryl methyl sites for hydroxylation is 1. The molecule has 2 atom stereocenters. The maximum atomic E-state index is 2.62. The molecule has 4 aromatic rings. The molecule has 306 valence electrons. The van der Waals surface area contributed by atoms with Gasteiger partial charge in [-0.3, -0.25) is 0 Å². The van der Waals surface area contributed by atoms with Crippen LogP contribution >= 0.6 is 0 Å². The van der Waals surface area contributed by atoms with Crippen LogP contribution in [-0.2, 0) is 36.1 Å². The third-order valence-electron chi connectivity index (χ3n) is 16.5. The Balaban J connectivity index is 0.000000185. The Kier molecular flexibility index (Phi) is 14.3. The van der Waals surface area contributed by atoms with Gasteiger partial charge in [-0.05, 0) is 40.6 Å². The quantitative estimate of drug-likeness (QED) is 0.181. The van der Waals surface area contributed by atoms with E-state index in [1.54, 1.807) is 33.8 Å². The van der Waals surface area contributed by atoms with Gasteiger partial charge in [-0.15, -0.1) is 6.92 Å². The molecule has 0 aliphatic heterocycles. The molecule has 0 spiro atoms. The molecule has 0 saturated heterocycles. The zero-order valence-corrected chi connectivity index (χ0v) is 40.9. The average Bonchev–Trinajstić information content (AvgIpc) is 3.83. The molecule has 9 rings (SSSR count). The van der Waals surface area contributed by atoms with Crippen molar-refractivity contribution in [3.63, 3.8) is 0 Å². The van der Waals surface area contributed by atoms with E-state index in [1.807, 2.05) is 0 Å². The van der Waals surface area contributed by atoms with Crippen molar-refractivity contribution < 1.29 is 49.0 Å². The van der Waals surface area contributed by atoms with Gasteiger partial charge in [-0.25, -0.2) is 12.0 Å². The Morgan fingerprint density at radius 1 is 0.741 bits per heavy atom. The molecule has 58 heavy (non-hydrogen) atoms. The van der Waals surface area contributed by atoms with E-state index in [1.165, 1.54) is 100 Å². The fraction of sp³-hybridized carbons (Fsp3) is 0.436. The first-order chi connectivity index (χ1) is 26.6. The van der Waals surface area contributed by atoms with E-state index in [4.69, 9.17) is 0 Å². The van der Waals surface area contributed by atoms with E-state index in [0.29, 0.717) is 11.3 Å². The zero-order valence-electron chi connectivity index (χ0n) is 37.0. The van der Waals surface area contributed by atoms with Crippen LogP contribution in [0, 0.1) is 40.4 Å². The molecule has 0 bridgehead atoms. The molecule has 5 aliphatic rings. The summed E-state index contributed by atoms with van der Waals surface area (Å²) in [5.41, 5.74) is 16.4. The van der Waals surface area contributed by atoms with Crippen LogP contribution in [0.1, 0.15) is 141 Å². The zero-order chi connectivity index (χ0) is 40.1. The van der Waals surface area contributed by atoms with Crippen molar-refractivity contribution in [3.05, 3.63) is 171 Å². The van der Waals surface area contributed by atoms with Crippen molar-refractivity contribution in [2.24, 2.45) is 27.6 Å². The maximum absolute atomic E-state index is 2.62. The summed E-state index contributed by atoms with van der Waals surface area (Å²) < 4.78 is 1.42. The summed E-state index contributed by atoms with van der Waals surface area (Å²) in [6, 6.07) is 37.2. The van der Waals surface area contributed by atoms with Crippen LogP contribution in [0.3, 0.4) is 0 Å². The molecule has 2 saturated carbocycles. The van der Waals surface area contributed by atoms with Gasteiger partial charge < -0.3 is 24.8 Å². The Morgan fingerprint density at radius 3 is 1.88 bits per heavy atom.